The molecule has 0 fully saturated rings. The van der Waals surface area contributed by atoms with Gasteiger partial charge in [0.2, 0.25) is 0 Å². The van der Waals surface area contributed by atoms with Crippen LogP contribution in [0.1, 0.15) is 5.56 Å². The second-order valence-electron chi connectivity index (χ2n) is 3.05. The van der Waals surface area contributed by atoms with Crippen molar-refractivity contribution in [1.82, 2.24) is 0 Å². The monoisotopic (exact) mass is 309 g/mol. The summed E-state index contributed by atoms with van der Waals surface area (Å²) in [5.74, 6) is 0. The van der Waals surface area contributed by atoms with E-state index in [0.29, 0.717) is 0 Å². The van der Waals surface area contributed by atoms with E-state index in [2.05, 4.69) is 36.4 Å². The summed E-state index contributed by atoms with van der Waals surface area (Å²) in [4.78, 5) is 0. The SMILES string of the molecule is N#Cc1cccc([Te]c2ccccc2)c1. The van der Waals surface area contributed by atoms with E-state index in [4.69, 9.17) is 5.26 Å². The molecule has 0 heterocycles. The van der Waals surface area contributed by atoms with Crippen molar-refractivity contribution in [3.8, 4) is 6.07 Å². The minimum absolute atomic E-state index is 0.333. The van der Waals surface area contributed by atoms with Crippen LogP contribution in [0.4, 0.5) is 0 Å². The number of hydrogen-bond acceptors (Lipinski definition) is 1. The normalized spacial score (nSPS) is 9.53. The van der Waals surface area contributed by atoms with E-state index in [9.17, 15) is 0 Å². The topological polar surface area (TPSA) is 23.8 Å². The Labute approximate surface area is 99.4 Å². The van der Waals surface area contributed by atoms with Gasteiger partial charge in [0.25, 0.3) is 0 Å². The quantitative estimate of drug-likeness (QED) is 0.765. The number of nitriles is 1. The predicted molar refractivity (Wildman–Crippen MR) is 62.6 cm³/mol. The van der Waals surface area contributed by atoms with Gasteiger partial charge >= 0.3 is 99.6 Å². The molecule has 0 atom stereocenters. The second kappa shape index (κ2) is 4.99. The minimum atomic E-state index is -0.333. The zero-order chi connectivity index (χ0) is 10.5. The molecule has 0 spiro atoms. The summed E-state index contributed by atoms with van der Waals surface area (Å²) in [5.41, 5.74) is 0.758. The van der Waals surface area contributed by atoms with Crippen LogP contribution >= 0.6 is 0 Å². The standard InChI is InChI=1S/C13H9NTe/c14-10-11-5-4-8-13(9-11)15-12-6-2-1-3-7-12/h1-9H. The van der Waals surface area contributed by atoms with Gasteiger partial charge in [-0.15, -0.1) is 0 Å². The molecule has 2 rings (SSSR count). The molecule has 0 N–H and O–H groups in total. The van der Waals surface area contributed by atoms with Crippen molar-refractivity contribution < 1.29 is 0 Å². The average molecular weight is 307 g/mol. The molecule has 0 bridgehead atoms. The molecule has 0 aliphatic carbocycles. The number of benzene rings is 2. The van der Waals surface area contributed by atoms with E-state index in [0.717, 1.165) is 5.56 Å². The third-order valence-corrected chi connectivity index (χ3v) is 4.79. The molecule has 0 aliphatic heterocycles. The van der Waals surface area contributed by atoms with Crippen molar-refractivity contribution in [3.05, 3.63) is 60.2 Å². The molecule has 1 nitrogen and oxygen atoms in total. The van der Waals surface area contributed by atoms with Gasteiger partial charge in [-0.3, -0.25) is 0 Å². The van der Waals surface area contributed by atoms with E-state index in [1.807, 2.05) is 24.3 Å². The van der Waals surface area contributed by atoms with Crippen LogP contribution in [0.3, 0.4) is 0 Å². The van der Waals surface area contributed by atoms with Crippen LogP contribution < -0.4 is 7.22 Å². The van der Waals surface area contributed by atoms with Gasteiger partial charge in [0.1, 0.15) is 0 Å². The fraction of sp³-hybridized carbons (Fsp3) is 0. The zero-order valence-corrected chi connectivity index (χ0v) is 10.4. The van der Waals surface area contributed by atoms with E-state index in [-0.39, 0.29) is 20.9 Å². The third kappa shape index (κ3) is 2.83. The Morgan fingerprint density at radius 3 is 2.33 bits per heavy atom. The molecule has 0 aliphatic rings. The van der Waals surface area contributed by atoms with Gasteiger partial charge in [0, 0.05) is 0 Å². The van der Waals surface area contributed by atoms with E-state index in [1.54, 1.807) is 0 Å². The average Bonchev–Trinajstić information content (AvgIpc) is 2.31. The molecule has 0 saturated heterocycles. The molecule has 15 heavy (non-hydrogen) atoms. The van der Waals surface area contributed by atoms with Crippen molar-refractivity contribution >= 4 is 28.1 Å². The summed E-state index contributed by atoms with van der Waals surface area (Å²) < 4.78 is 2.71. The molecule has 2 aromatic rings. The molecule has 72 valence electrons. The summed E-state index contributed by atoms with van der Waals surface area (Å²) in [7, 11) is 0. The van der Waals surface area contributed by atoms with Gasteiger partial charge < -0.3 is 0 Å². The molecular formula is C13H9NTe. The van der Waals surface area contributed by atoms with Gasteiger partial charge in [0.05, 0.1) is 0 Å². The summed E-state index contributed by atoms with van der Waals surface area (Å²) >= 11 is -0.333. The van der Waals surface area contributed by atoms with Gasteiger partial charge in [-0.1, -0.05) is 0 Å². The van der Waals surface area contributed by atoms with Crippen LogP contribution in [0.15, 0.2) is 54.6 Å². The molecule has 2 heteroatoms. The van der Waals surface area contributed by atoms with Crippen LogP contribution in [0.25, 0.3) is 0 Å². The van der Waals surface area contributed by atoms with Crippen molar-refractivity contribution in [3.63, 3.8) is 0 Å². The Morgan fingerprint density at radius 1 is 0.867 bits per heavy atom. The van der Waals surface area contributed by atoms with Crippen LogP contribution in [0.2, 0.25) is 0 Å². The molecule has 0 unspecified atom stereocenters. The fourth-order valence-electron chi connectivity index (χ4n) is 1.25. The first-order valence-electron chi connectivity index (χ1n) is 4.61. The van der Waals surface area contributed by atoms with Crippen molar-refractivity contribution in [2.24, 2.45) is 0 Å². The van der Waals surface area contributed by atoms with E-state index in [1.165, 1.54) is 7.22 Å². The zero-order valence-electron chi connectivity index (χ0n) is 8.05. The van der Waals surface area contributed by atoms with Crippen LogP contribution in [-0.4, -0.2) is 20.9 Å². The second-order valence-corrected chi connectivity index (χ2v) is 6.33. The Morgan fingerprint density at radius 2 is 1.60 bits per heavy atom. The maximum atomic E-state index is 8.79. The Balaban J connectivity index is 2.22. The number of hydrogen-bond donors (Lipinski definition) is 0. The van der Waals surface area contributed by atoms with Crippen molar-refractivity contribution in [2.45, 2.75) is 0 Å². The molecule has 2 aromatic carbocycles. The first-order valence-corrected chi connectivity index (χ1v) is 6.94. The molecule has 0 radical (unpaired) electrons. The predicted octanol–water partition coefficient (Wildman–Crippen LogP) is 1.21. The Bertz CT molecular complexity index is 485. The fourth-order valence-corrected chi connectivity index (χ4v) is 3.82. The molecular weight excluding hydrogens is 298 g/mol. The summed E-state index contributed by atoms with van der Waals surface area (Å²) in [6, 6.07) is 20.6. The van der Waals surface area contributed by atoms with Gasteiger partial charge in [-0.25, -0.2) is 0 Å². The first-order chi connectivity index (χ1) is 7.38. The Kier molecular flexibility index (Phi) is 3.40. The van der Waals surface area contributed by atoms with Crippen LogP contribution in [0.5, 0.6) is 0 Å². The van der Waals surface area contributed by atoms with Crippen LogP contribution in [-0.2, 0) is 0 Å². The summed E-state index contributed by atoms with van der Waals surface area (Å²) in [6.07, 6.45) is 0. The number of rotatable bonds is 2. The number of nitrogens with zero attached hydrogens (tertiary/aromatic N) is 1. The van der Waals surface area contributed by atoms with Gasteiger partial charge in [-0.2, -0.15) is 0 Å². The molecule has 0 amide bonds. The summed E-state index contributed by atoms with van der Waals surface area (Å²) in [6.45, 7) is 0. The third-order valence-electron chi connectivity index (χ3n) is 1.94. The molecule has 0 saturated carbocycles. The molecule has 0 aromatic heterocycles. The Hall–Kier alpha value is -1.28. The van der Waals surface area contributed by atoms with Crippen LogP contribution in [0, 0.1) is 11.3 Å². The van der Waals surface area contributed by atoms with E-state index < -0.39 is 0 Å². The first kappa shape index (κ1) is 10.2. The van der Waals surface area contributed by atoms with E-state index >= 15 is 0 Å². The van der Waals surface area contributed by atoms with Gasteiger partial charge in [0.15, 0.2) is 0 Å². The van der Waals surface area contributed by atoms with Crippen molar-refractivity contribution in [1.29, 1.82) is 5.26 Å². The summed E-state index contributed by atoms with van der Waals surface area (Å²) in [5, 5.41) is 8.79. The van der Waals surface area contributed by atoms with Gasteiger partial charge in [-0.05, 0) is 0 Å². The maximum absolute atomic E-state index is 8.79. The van der Waals surface area contributed by atoms with Crippen molar-refractivity contribution in [2.75, 3.05) is 0 Å².